The molecule has 2 nitrogen and oxygen atoms in total. The van der Waals surface area contributed by atoms with Crippen molar-refractivity contribution in [3.05, 3.63) is 34.4 Å². The number of hydrogen-bond donors (Lipinski definition) is 1. The predicted molar refractivity (Wildman–Crippen MR) is 71.5 cm³/mol. The Morgan fingerprint density at radius 1 is 1.24 bits per heavy atom. The van der Waals surface area contributed by atoms with Gasteiger partial charge in [-0.3, -0.25) is 0 Å². The number of benzene rings is 1. The van der Waals surface area contributed by atoms with Gasteiger partial charge in [-0.05, 0) is 51.3 Å². The summed E-state index contributed by atoms with van der Waals surface area (Å²) in [4.78, 5) is 0. The zero-order valence-electron chi connectivity index (χ0n) is 11.8. The van der Waals surface area contributed by atoms with Crippen LogP contribution in [0.5, 0.6) is 0 Å². The van der Waals surface area contributed by atoms with E-state index in [1.165, 1.54) is 22.3 Å². The summed E-state index contributed by atoms with van der Waals surface area (Å²) in [5.41, 5.74) is 4.14. The Hall–Kier alpha value is -0.860. The number of hydrogen-bond acceptors (Lipinski definition) is 2. The van der Waals surface area contributed by atoms with Crippen molar-refractivity contribution in [3.63, 3.8) is 0 Å². The van der Waals surface area contributed by atoms with Gasteiger partial charge in [-0.1, -0.05) is 17.7 Å². The van der Waals surface area contributed by atoms with E-state index in [-0.39, 0.29) is 6.10 Å². The van der Waals surface area contributed by atoms with Crippen molar-refractivity contribution in [2.24, 2.45) is 0 Å². The molecule has 2 unspecified atom stereocenters. The average molecular weight is 236 g/mol. The molecule has 1 N–H and O–H groups in total. The van der Waals surface area contributed by atoms with E-state index in [0.29, 0.717) is 6.42 Å². The molecule has 0 radical (unpaired) electrons. The average Bonchev–Trinajstić information content (AvgIpc) is 2.22. The Labute approximate surface area is 105 Å². The molecule has 0 heterocycles. The van der Waals surface area contributed by atoms with Gasteiger partial charge in [-0.2, -0.15) is 0 Å². The van der Waals surface area contributed by atoms with Gasteiger partial charge >= 0.3 is 0 Å². The van der Waals surface area contributed by atoms with Crippen LogP contribution in [-0.4, -0.2) is 23.9 Å². The number of aryl methyl sites for hydroxylation is 3. The Kier molecular flexibility index (Phi) is 4.34. The lowest BCUT2D eigenvalue weighted by molar-refractivity contribution is -0.0717. The van der Waals surface area contributed by atoms with E-state index in [0.717, 1.165) is 0 Å². The Bertz CT molecular complexity index is 371. The number of ether oxygens (including phenoxy) is 1. The minimum Gasteiger partial charge on any atom is -0.387 e. The zero-order chi connectivity index (χ0) is 13.2. The van der Waals surface area contributed by atoms with Gasteiger partial charge in [0.05, 0.1) is 11.7 Å². The van der Waals surface area contributed by atoms with Crippen LogP contribution in [0.2, 0.25) is 0 Å². The van der Waals surface area contributed by atoms with Gasteiger partial charge in [0.2, 0.25) is 0 Å². The summed E-state index contributed by atoms with van der Waals surface area (Å²) >= 11 is 0. The molecule has 0 saturated heterocycles. The molecule has 2 atom stereocenters. The van der Waals surface area contributed by atoms with Crippen LogP contribution >= 0.6 is 0 Å². The molecule has 0 aromatic heterocycles. The molecular formula is C15H24O2. The Morgan fingerprint density at radius 3 is 2.12 bits per heavy atom. The normalized spacial score (nSPS) is 16.6. The molecule has 1 rings (SSSR count). The molecule has 0 fully saturated rings. The minimum absolute atomic E-state index is 0.178. The highest BCUT2D eigenvalue weighted by Gasteiger charge is 2.29. The highest BCUT2D eigenvalue weighted by atomic mass is 16.5. The fourth-order valence-corrected chi connectivity index (χ4v) is 2.24. The summed E-state index contributed by atoms with van der Waals surface area (Å²) in [5.74, 6) is 0. The fourth-order valence-electron chi connectivity index (χ4n) is 2.24. The van der Waals surface area contributed by atoms with E-state index in [9.17, 15) is 5.11 Å². The SMILES string of the molecule is COC(C)C(C)(O)Cc1c(C)cc(C)cc1C. The van der Waals surface area contributed by atoms with Crippen molar-refractivity contribution in [2.45, 2.75) is 52.7 Å². The smallest absolute Gasteiger partial charge is 0.0917 e. The minimum atomic E-state index is -0.834. The molecule has 1 aromatic rings. The van der Waals surface area contributed by atoms with Crippen molar-refractivity contribution in [1.29, 1.82) is 0 Å². The van der Waals surface area contributed by atoms with Crippen molar-refractivity contribution < 1.29 is 9.84 Å². The summed E-state index contributed by atoms with van der Waals surface area (Å²) in [7, 11) is 1.63. The highest BCUT2D eigenvalue weighted by molar-refractivity contribution is 5.38. The van der Waals surface area contributed by atoms with Crippen LogP contribution in [0.1, 0.15) is 36.1 Å². The molecule has 0 saturated carbocycles. The van der Waals surface area contributed by atoms with Gasteiger partial charge in [0.15, 0.2) is 0 Å². The van der Waals surface area contributed by atoms with Crippen molar-refractivity contribution in [2.75, 3.05) is 7.11 Å². The van der Waals surface area contributed by atoms with Crippen LogP contribution in [0.3, 0.4) is 0 Å². The summed E-state index contributed by atoms with van der Waals surface area (Å²) in [5, 5.41) is 10.4. The molecular weight excluding hydrogens is 212 g/mol. The first-order valence-electron chi connectivity index (χ1n) is 6.10. The second-order valence-electron chi connectivity index (χ2n) is 5.29. The highest BCUT2D eigenvalue weighted by Crippen LogP contribution is 2.24. The van der Waals surface area contributed by atoms with Crippen LogP contribution in [-0.2, 0) is 11.2 Å². The van der Waals surface area contributed by atoms with E-state index < -0.39 is 5.60 Å². The summed E-state index contributed by atoms with van der Waals surface area (Å²) in [6, 6.07) is 4.33. The maximum Gasteiger partial charge on any atom is 0.0917 e. The van der Waals surface area contributed by atoms with Crippen LogP contribution in [0.15, 0.2) is 12.1 Å². The fraction of sp³-hybridized carbons (Fsp3) is 0.600. The van der Waals surface area contributed by atoms with Crippen molar-refractivity contribution in [3.8, 4) is 0 Å². The van der Waals surface area contributed by atoms with Crippen LogP contribution in [0.4, 0.5) is 0 Å². The molecule has 0 aliphatic carbocycles. The Morgan fingerprint density at radius 2 is 1.71 bits per heavy atom. The third-order valence-corrected chi connectivity index (χ3v) is 3.60. The van der Waals surface area contributed by atoms with Crippen molar-refractivity contribution >= 4 is 0 Å². The standard InChI is InChI=1S/C15H24O2/c1-10-7-11(2)14(12(3)8-10)9-15(5,16)13(4)17-6/h7-8,13,16H,9H2,1-6H3. The third kappa shape index (κ3) is 3.30. The van der Waals surface area contributed by atoms with E-state index in [2.05, 4.69) is 32.9 Å². The third-order valence-electron chi connectivity index (χ3n) is 3.60. The molecule has 0 amide bonds. The first kappa shape index (κ1) is 14.2. The monoisotopic (exact) mass is 236 g/mol. The number of aliphatic hydroxyl groups is 1. The van der Waals surface area contributed by atoms with Gasteiger partial charge in [-0.25, -0.2) is 0 Å². The Balaban J connectivity index is 3.03. The predicted octanol–water partition coefficient (Wildman–Crippen LogP) is 2.94. The lowest BCUT2D eigenvalue weighted by Gasteiger charge is -2.30. The maximum absolute atomic E-state index is 10.4. The summed E-state index contributed by atoms with van der Waals surface area (Å²) in [6.07, 6.45) is 0.447. The number of rotatable bonds is 4. The lowest BCUT2D eigenvalue weighted by atomic mass is 9.87. The molecule has 0 bridgehead atoms. The summed E-state index contributed by atoms with van der Waals surface area (Å²) < 4.78 is 5.24. The van der Waals surface area contributed by atoms with Gasteiger partial charge in [0.1, 0.15) is 0 Å². The van der Waals surface area contributed by atoms with Crippen LogP contribution < -0.4 is 0 Å². The zero-order valence-corrected chi connectivity index (χ0v) is 11.8. The first-order valence-corrected chi connectivity index (χ1v) is 6.10. The molecule has 2 heteroatoms. The molecule has 96 valence electrons. The summed E-state index contributed by atoms with van der Waals surface area (Å²) in [6.45, 7) is 10.0. The van der Waals surface area contributed by atoms with Crippen LogP contribution in [0.25, 0.3) is 0 Å². The van der Waals surface area contributed by atoms with Gasteiger partial charge in [0.25, 0.3) is 0 Å². The van der Waals surface area contributed by atoms with E-state index in [4.69, 9.17) is 4.74 Å². The molecule has 0 aliphatic rings. The first-order chi connectivity index (χ1) is 7.77. The second kappa shape index (κ2) is 5.19. The van der Waals surface area contributed by atoms with Gasteiger partial charge in [-0.15, -0.1) is 0 Å². The van der Waals surface area contributed by atoms with Crippen molar-refractivity contribution in [1.82, 2.24) is 0 Å². The lowest BCUT2D eigenvalue weighted by Crippen LogP contribution is -2.41. The van der Waals surface area contributed by atoms with Gasteiger partial charge < -0.3 is 9.84 Å². The van der Waals surface area contributed by atoms with E-state index >= 15 is 0 Å². The quantitative estimate of drug-likeness (QED) is 0.871. The van der Waals surface area contributed by atoms with E-state index in [1.54, 1.807) is 7.11 Å². The number of methoxy groups -OCH3 is 1. The molecule has 0 aliphatic heterocycles. The molecule has 1 aromatic carbocycles. The maximum atomic E-state index is 10.4. The second-order valence-corrected chi connectivity index (χ2v) is 5.29. The topological polar surface area (TPSA) is 29.5 Å². The van der Waals surface area contributed by atoms with Gasteiger partial charge in [0, 0.05) is 13.5 Å². The molecule has 0 spiro atoms. The van der Waals surface area contributed by atoms with Crippen LogP contribution in [0, 0.1) is 20.8 Å². The largest absolute Gasteiger partial charge is 0.387 e. The molecule has 17 heavy (non-hydrogen) atoms. The van der Waals surface area contributed by atoms with E-state index in [1.807, 2.05) is 13.8 Å².